The molecule has 30 heavy (non-hydrogen) atoms. The Morgan fingerprint density at radius 1 is 1.20 bits per heavy atom. The van der Waals surface area contributed by atoms with E-state index < -0.39 is 0 Å². The molecular weight excluding hydrogens is 378 g/mol. The molecule has 0 aromatic carbocycles. The molecule has 0 aliphatic heterocycles. The summed E-state index contributed by atoms with van der Waals surface area (Å²) in [4.78, 5) is 29.4. The fraction of sp³-hybridized carbons (Fsp3) is 0.391. The molecule has 1 aliphatic rings. The van der Waals surface area contributed by atoms with Gasteiger partial charge in [0.15, 0.2) is 0 Å². The number of carbonyl (C=O) groups is 2. The molecule has 2 N–H and O–H groups in total. The fourth-order valence-corrected chi connectivity index (χ4v) is 4.16. The molecule has 1 fully saturated rings. The van der Waals surface area contributed by atoms with Gasteiger partial charge in [0.25, 0.3) is 5.91 Å². The Morgan fingerprint density at radius 3 is 2.80 bits per heavy atom. The van der Waals surface area contributed by atoms with Gasteiger partial charge in [0.1, 0.15) is 0 Å². The van der Waals surface area contributed by atoms with Crippen molar-refractivity contribution in [1.82, 2.24) is 25.2 Å². The van der Waals surface area contributed by atoms with Crippen LogP contribution < -0.4 is 10.6 Å². The lowest BCUT2D eigenvalue weighted by Crippen LogP contribution is -2.60. The van der Waals surface area contributed by atoms with Crippen LogP contribution in [-0.2, 0) is 11.2 Å². The zero-order valence-electron chi connectivity index (χ0n) is 17.6. The van der Waals surface area contributed by atoms with E-state index >= 15 is 0 Å². The number of aromatic nitrogens is 3. The van der Waals surface area contributed by atoms with Crippen molar-refractivity contribution in [2.45, 2.75) is 39.7 Å². The van der Waals surface area contributed by atoms with Crippen molar-refractivity contribution < 1.29 is 9.59 Å². The standard InChI is InChI=1S/C23H27N5O2/c1-15-16(6-4-9-24-15)12-21(29)25-14-17-13-20(23(17,2)3)27-22(30)18-7-5-11-28-19(18)8-10-26-28/h4-11,17,20H,12-14H2,1-3H3,(H,25,29)(H,27,30). The van der Waals surface area contributed by atoms with Crippen LogP contribution in [0.2, 0.25) is 0 Å². The van der Waals surface area contributed by atoms with E-state index in [9.17, 15) is 9.59 Å². The molecule has 0 bridgehead atoms. The van der Waals surface area contributed by atoms with Gasteiger partial charge in [0, 0.05) is 30.7 Å². The molecule has 1 aliphatic carbocycles. The van der Waals surface area contributed by atoms with E-state index in [1.807, 2.05) is 43.5 Å². The lowest BCUT2D eigenvalue weighted by molar-refractivity contribution is -0.121. The molecule has 3 heterocycles. The molecule has 0 saturated heterocycles. The number of amides is 2. The summed E-state index contributed by atoms with van der Waals surface area (Å²) in [5, 5.41) is 10.4. The third kappa shape index (κ3) is 3.79. The number of nitrogens with one attached hydrogen (secondary N) is 2. The molecule has 2 unspecified atom stereocenters. The van der Waals surface area contributed by atoms with Crippen LogP contribution in [-0.4, -0.2) is 39.0 Å². The number of pyridine rings is 2. The quantitative estimate of drug-likeness (QED) is 0.660. The largest absolute Gasteiger partial charge is 0.356 e. The summed E-state index contributed by atoms with van der Waals surface area (Å²) in [6, 6.07) is 9.32. The number of hydrogen-bond acceptors (Lipinski definition) is 4. The maximum atomic E-state index is 12.8. The van der Waals surface area contributed by atoms with Crippen molar-refractivity contribution in [3.05, 3.63) is 65.7 Å². The summed E-state index contributed by atoms with van der Waals surface area (Å²) in [5.41, 5.74) is 3.14. The summed E-state index contributed by atoms with van der Waals surface area (Å²) in [6.45, 7) is 6.80. The summed E-state index contributed by atoms with van der Waals surface area (Å²) >= 11 is 0. The number of fused-ring (bicyclic) bond motifs is 1. The van der Waals surface area contributed by atoms with Gasteiger partial charge in [-0.2, -0.15) is 5.10 Å². The van der Waals surface area contributed by atoms with Crippen LogP contribution in [0.5, 0.6) is 0 Å². The molecule has 3 aromatic rings. The maximum Gasteiger partial charge on any atom is 0.253 e. The summed E-state index contributed by atoms with van der Waals surface area (Å²) < 4.78 is 1.70. The minimum atomic E-state index is -0.0987. The Bertz CT molecular complexity index is 1090. The predicted molar refractivity (Wildman–Crippen MR) is 114 cm³/mol. The minimum Gasteiger partial charge on any atom is -0.356 e. The van der Waals surface area contributed by atoms with Gasteiger partial charge in [-0.25, -0.2) is 4.52 Å². The number of carbonyl (C=O) groups excluding carboxylic acids is 2. The molecule has 4 rings (SSSR count). The van der Waals surface area contributed by atoms with Crippen molar-refractivity contribution in [2.24, 2.45) is 11.3 Å². The highest BCUT2D eigenvalue weighted by atomic mass is 16.2. The second-order valence-corrected chi connectivity index (χ2v) is 8.59. The molecule has 7 nitrogen and oxygen atoms in total. The third-order valence-electron chi connectivity index (χ3n) is 6.47. The Hall–Kier alpha value is -3.22. The summed E-state index contributed by atoms with van der Waals surface area (Å²) in [6.07, 6.45) is 6.42. The maximum absolute atomic E-state index is 12.8. The molecular formula is C23H27N5O2. The van der Waals surface area contributed by atoms with Crippen molar-refractivity contribution in [2.75, 3.05) is 6.54 Å². The normalized spacial score (nSPS) is 19.8. The van der Waals surface area contributed by atoms with Crippen molar-refractivity contribution in [3.63, 3.8) is 0 Å². The van der Waals surface area contributed by atoms with Crippen LogP contribution in [0.25, 0.3) is 5.52 Å². The molecule has 0 radical (unpaired) electrons. The number of aryl methyl sites for hydroxylation is 1. The second-order valence-electron chi connectivity index (χ2n) is 8.59. The van der Waals surface area contributed by atoms with Crippen molar-refractivity contribution in [3.8, 4) is 0 Å². The van der Waals surface area contributed by atoms with Crippen LogP contribution >= 0.6 is 0 Å². The topological polar surface area (TPSA) is 88.4 Å². The van der Waals surface area contributed by atoms with Crippen LogP contribution in [0.1, 0.15) is 41.9 Å². The van der Waals surface area contributed by atoms with Gasteiger partial charge in [0.2, 0.25) is 5.91 Å². The zero-order chi connectivity index (χ0) is 21.3. The van der Waals surface area contributed by atoms with E-state index in [0.717, 1.165) is 23.2 Å². The molecule has 2 amide bonds. The summed E-state index contributed by atoms with van der Waals surface area (Å²) in [5.74, 6) is 0.225. The number of rotatable bonds is 6. The Kier molecular flexibility index (Phi) is 5.28. The van der Waals surface area contributed by atoms with Crippen molar-refractivity contribution in [1.29, 1.82) is 0 Å². The van der Waals surface area contributed by atoms with Gasteiger partial charge in [0.05, 0.1) is 23.7 Å². The first-order valence-corrected chi connectivity index (χ1v) is 10.3. The first-order valence-electron chi connectivity index (χ1n) is 10.3. The minimum absolute atomic E-state index is 0.00166. The lowest BCUT2D eigenvalue weighted by Gasteiger charge is -2.52. The number of hydrogen-bond donors (Lipinski definition) is 2. The second kappa shape index (κ2) is 7.89. The monoisotopic (exact) mass is 405 g/mol. The Labute approximate surface area is 175 Å². The highest BCUT2D eigenvalue weighted by Gasteiger charge is 2.48. The van der Waals surface area contributed by atoms with Crippen molar-refractivity contribution >= 4 is 17.3 Å². The predicted octanol–water partition coefficient (Wildman–Crippen LogP) is 2.54. The van der Waals surface area contributed by atoms with E-state index in [-0.39, 0.29) is 23.3 Å². The van der Waals surface area contributed by atoms with Gasteiger partial charge in [-0.3, -0.25) is 14.6 Å². The zero-order valence-corrected chi connectivity index (χ0v) is 17.6. The first kappa shape index (κ1) is 20.1. The molecule has 0 spiro atoms. The lowest BCUT2D eigenvalue weighted by atomic mass is 9.58. The van der Waals surface area contributed by atoms with E-state index in [2.05, 4.69) is 34.6 Å². The average molecular weight is 406 g/mol. The molecule has 1 saturated carbocycles. The smallest absolute Gasteiger partial charge is 0.253 e. The molecule has 156 valence electrons. The van der Waals surface area contributed by atoms with Gasteiger partial charge >= 0.3 is 0 Å². The van der Waals surface area contributed by atoms with Gasteiger partial charge in [-0.15, -0.1) is 0 Å². The van der Waals surface area contributed by atoms with Gasteiger partial charge < -0.3 is 10.6 Å². The average Bonchev–Trinajstić information content (AvgIpc) is 3.20. The first-order chi connectivity index (χ1) is 14.4. The highest BCUT2D eigenvalue weighted by molar-refractivity contribution is 6.00. The van der Waals surface area contributed by atoms with Crippen LogP contribution in [0.4, 0.5) is 0 Å². The van der Waals surface area contributed by atoms with E-state index in [1.165, 1.54) is 0 Å². The molecule has 3 aromatic heterocycles. The Morgan fingerprint density at radius 2 is 2.03 bits per heavy atom. The Balaban J connectivity index is 1.31. The van der Waals surface area contributed by atoms with E-state index in [0.29, 0.717) is 24.4 Å². The number of nitrogens with zero attached hydrogens (tertiary/aromatic N) is 3. The fourth-order valence-electron chi connectivity index (χ4n) is 4.16. The molecule has 7 heteroatoms. The van der Waals surface area contributed by atoms with Crippen LogP contribution in [0, 0.1) is 18.3 Å². The van der Waals surface area contributed by atoms with E-state index in [4.69, 9.17) is 0 Å². The third-order valence-corrected chi connectivity index (χ3v) is 6.47. The highest BCUT2D eigenvalue weighted by Crippen LogP contribution is 2.46. The van der Waals surface area contributed by atoms with Gasteiger partial charge in [-0.05, 0) is 54.5 Å². The molecule has 2 atom stereocenters. The van der Waals surface area contributed by atoms with Crippen LogP contribution in [0.15, 0.2) is 48.9 Å². The van der Waals surface area contributed by atoms with Gasteiger partial charge in [-0.1, -0.05) is 19.9 Å². The SMILES string of the molecule is Cc1ncccc1CC(=O)NCC1CC(NC(=O)c2cccn3nccc23)C1(C)C. The summed E-state index contributed by atoms with van der Waals surface area (Å²) in [7, 11) is 0. The van der Waals surface area contributed by atoms with E-state index in [1.54, 1.807) is 16.9 Å². The van der Waals surface area contributed by atoms with Crippen LogP contribution in [0.3, 0.4) is 0 Å².